The first-order valence-corrected chi connectivity index (χ1v) is 8.14. The number of nitrogen functional groups attached to an aromatic ring is 1. The van der Waals surface area contributed by atoms with Crippen molar-refractivity contribution in [3.8, 4) is 0 Å². The lowest BCUT2D eigenvalue weighted by molar-refractivity contribution is 0.197. The molecule has 0 unspecified atom stereocenters. The van der Waals surface area contributed by atoms with Gasteiger partial charge in [0.1, 0.15) is 4.90 Å². The number of anilines is 1. The van der Waals surface area contributed by atoms with Crippen molar-refractivity contribution in [1.29, 1.82) is 0 Å². The Balaban J connectivity index is 2.30. The zero-order chi connectivity index (χ0) is 15.1. The quantitative estimate of drug-likeness (QED) is 0.851. The number of nitrogens with zero attached hydrogens (tertiary/aromatic N) is 4. The summed E-state index contributed by atoms with van der Waals surface area (Å²) in [6, 6.07) is 0.0233. The van der Waals surface area contributed by atoms with E-state index in [1.807, 2.05) is 7.05 Å². The Hall–Kier alpha value is -1.12. The average Bonchev–Trinajstić information content (AvgIpc) is 2.63. The Morgan fingerprint density at radius 3 is 2.30 bits per heavy atom. The number of likely N-dealkylation sites (tertiary alicyclic amines) is 1. The van der Waals surface area contributed by atoms with Gasteiger partial charge in [-0.25, -0.2) is 8.42 Å². The smallest absolute Gasteiger partial charge is 0.248 e. The molecule has 1 fully saturated rings. The Labute approximate surface area is 120 Å². The SMILES string of the molecule is Cc1c(S(=O)(=O)N(C)C2CCN(C)CC2)c(N)nn1C. The van der Waals surface area contributed by atoms with Crippen molar-refractivity contribution in [1.82, 2.24) is 19.0 Å². The van der Waals surface area contributed by atoms with E-state index in [9.17, 15) is 8.42 Å². The molecule has 0 atom stereocenters. The second-order valence-corrected chi connectivity index (χ2v) is 7.41. The van der Waals surface area contributed by atoms with Crippen LogP contribution in [0.2, 0.25) is 0 Å². The fraction of sp³-hybridized carbons (Fsp3) is 0.750. The van der Waals surface area contributed by atoms with Crippen molar-refractivity contribution >= 4 is 15.8 Å². The predicted octanol–water partition coefficient (Wildman–Crippen LogP) is 0.0254. The number of hydrogen-bond acceptors (Lipinski definition) is 5. The summed E-state index contributed by atoms with van der Waals surface area (Å²) in [6.45, 7) is 3.54. The molecule has 114 valence electrons. The van der Waals surface area contributed by atoms with Crippen LogP contribution in [-0.4, -0.2) is 60.6 Å². The first kappa shape index (κ1) is 15.3. The summed E-state index contributed by atoms with van der Waals surface area (Å²) in [5.41, 5.74) is 6.34. The largest absolute Gasteiger partial charge is 0.381 e. The standard InChI is InChI=1S/C12H23N5O2S/c1-9-11(12(13)14-16(9)3)20(18,19)17(4)10-5-7-15(2)8-6-10/h10H,5-8H2,1-4H3,(H2,13,14). The number of aromatic nitrogens is 2. The van der Waals surface area contributed by atoms with Crippen molar-refractivity contribution < 1.29 is 8.42 Å². The number of rotatable bonds is 3. The van der Waals surface area contributed by atoms with E-state index in [0.29, 0.717) is 5.69 Å². The van der Waals surface area contributed by atoms with Crippen LogP contribution >= 0.6 is 0 Å². The maximum atomic E-state index is 12.7. The molecule has 0 bridgehead atoms. The summed E-state index contributed by atoms with van der Waals surface area (Å²) in [7, 11) is 1.79. The highest BCUT2D eigenvalue weighted by Crippen LogP contribution is 2.27. The molecule has 7 nitrogen and oxygen atoms in total. The molecule has 1 aromatic heterocycles. The van der Waals surface area contributed by atoms with Crippen molar-refractivity contribution in [3.05, 3.63) is 5.69 Å². The monoisotopic (exact) mass is 301 g/mol. The molecule has 20 heavy (non-hydrogen) atoms. The van der Waals surface area contributed by atoms with Gasteiger partial charge >= 0.3 is 0 Å². The van der Waals surface area contributed by atoms with E-state index in [4.69, 9.17) is 5.73 Å². The predicted molar refractivity (Wildman–Crippen MR) is 77.8 cm³/mol. The normalized spacial score (nSPS) is 18.9. The maximum Gasteiger partial charge on any atom is 0.248 e. The maximum absolute atomic E-state index is 12.7. The summed E-state index contributed by atoms with van der Waals surface area (Å²) >= 11 is 0. The molecule has 0 radical (unpaired) electrons. The average molecular weight is 301 g/mol. The molecule has 8 heteroatoms. The van der Waals surface area contributed by atoms with E-state index in [1.165, 1.54) is 8.99 Å². The van der Waals surface area contributed by atoms with Crippen LogP contribution in [0.15, 0.2) is 4.90 Å². The second-order valence-electron chi connectivity index (χ2n) is 5.48. The number of piperidine rings is 1. The molecule has 2 rings (SSSR count). The summed E-state index contributed by atoms with van der Waals surface area (Å²) in [5.74, 6) is 0.0739. The first-order chi connectivity index (χ1) is 9.25. The minimum Gasteiger partial charge on any atom is -0.381 e. The number of hydrogen-bond donors (Lipinski definition) is 1. The molecule has 0 spiro atoms. The highest BCUT2D eigenvalue weighted by molar-refractivity contribution is 7.89. The van der Waals surface area contributed by atoms with Crippen LogP contribution in [0.1, 0.15) is 18.5 Å². The molecule has 0 amide bonds. The van der Waals surface area contributed by atoms with E-state index in [2.05, 4.69) is 10.00 Å². The summed E-state index contributed by atoms with van der Waals surface area (Å²) < 4.78 is 28.5. The second kappa shape index (κ2) is 5.34. The zero-order valence-electron chi connectivity index (χ0n) is 12.5. The minimum absolute atomic E-state index is 0.0233. The summed E-state index contributed by atoms with van der Waals surface area (Å²) in [5, 5.41) is 4.00. The lowest BCUT2D eigenvalue weighted by atomic mass is 10.1. The third-order valence-electron chi connectivity index (χ3n) is 4.14. The van der Waals surface area contributed by atoms with E-state index < -0.39 is 10.0 Å². The Morgan fingerprint density at radius 2 is 1.85 bits per heavy atom. The topological polar surface area (TPSA) is 84.5 Å². The summed E-state index contributed by atoms with van der Waals surface area (Å²) in [6.07, 6.45) is 1.68. The lowest BCUT2D eigenvalue weighted by Crippen LogP contribution is -2.44. The third kappa shape index (κ3) is 2.55. The van der Waals surface area contributed by atoms with Gasteiger partial charge < -0.3 is 10.6 Å². The van der Waals surface area contributed by atoms with Crippen LogP contribution in [0.5, 0.6) is 0 Å². The lowest BCUT2D eigenvalue weighted by Gasteiger charge is -2.34. The number of nitrogens with two attached hydrogens (primary N) is 1. The molecule has 2 heterocycles. The fourth-order valence-electron chi connectivity index (χ4n) is 2.63. The van der Waals surface area contributed by atoms with Gasteiger partial charge in [-0.05, 0) is 39.9 Å². The molecule has 2 N–H and O–H groups in total. The molecule has 0 aliphatic carbocycles. The highest BCUT2D eigenvalue weighted by atomic mass is 32.2. The van der Waals surface area contributed by atoms with Gasteiger partial charge in [0.05, 0.1) is 5.69 Å². The number of sulfonamides is 1. The zero-order valence-corrected chi connectivity index (χ0v) is 13.3. The van der Waals surface area contributed by atoms with E-state index >= 15 is 0 Å². The van der Waals surface area contributed by atoms with Gasteiger partial charge in [0.15, 0.2) is 5.82 Å². The van der Waals surface area contributed by atoms with E-state index in [0.717, 1.165) is 25.9 Å². The molecule has 1 aromatic rings. The van der Waals surface area contributed by atoms with Crippen molar-refractivity contribution in [2.24, 2.45) is 7.05 Å². The minimum atomic E-state index is -3.59. The third-order valence-corrected chi connectivity index (χ3v) is 6.22. The van der Waals surface area contributed by atoms with Gasteiger partial charge in [-0.15, -0.1) is 0 Å². The van der Waals surface area contributed by atoms with E-state index in [1.54, 1.807) is 21.0 Å². The van der Waals surface area contributed by atoms with Crippen LogP contribution in [0, 0.1) is 6.92 Å². The molecule has 1 aliphatic heterocycles. The van der Waals surface area contributed by atoms with Gasteiger partial charge in [-0.2, -0.15) is 9.40 Å². The first-order valence-electron chi connectivity index (χ1n) is 6.70. The van der Waals surface area contributed by atoms with Crippen molar-refractivity contribution in [2.45, 2.75) is 30.7 Å². The molecule has 0 aromatic carbocycles. The van der Waals surface area contributed by atoms with Gasteiger partial charge in [-0.1, -0.05) is 0 Å². The summed E-state index contributed by atoms with van der Waals surface area (Å²) in [4.78, 5) is 2.35. The van der Waals surface area contributed by atoms with Crippen LogP contribution in [0.3, 0.4) is 0 Å². The highest BCUT2D eigenvalue weighted by Gasteiger charge is 2.34. The van der Waals surface area contributed by atoms with Crippen LogP contribution in [-0.2, 0) is 17.1 Å². The molecular formula is C12H23N5O2S. The van der Waals surface area contributed by atoms with Gasteiger partial charge in [-0.3, -0.25) is 4.68 Å². The molecule has 1 aliphatic rings. The van der Waals surface area contributed by atoms with Crippen molar-refractivity contribution in [3.63, 3.8) is 0 Å². The Bertz CT molecular complexity index is 587. The van der Waals surface area contributed by atoms with Crippen LogP contribution < -0.4 is 5.73 Å². The van der Waals surface area contributed by atoms with Gasteiger partial charge in [0.2, 0.25) is 10.0 Å². The van der Waals surface area contributed by atoms with Gasteiger partial charge in [0, 0.05) is 20.1 Å². The Morgan fingerprint density at radius 1 is 1.30 bits per heavy atom. The van der Waals surface area contributed by atoms with E-state index in [-0.39, 0.29) is 16.8 Å². The molecule has 1 saturated heterocycles. The molecular weight excluding hydrogens is 278 g/mol. The number of aryl methyl sites for hydroxylation is 1. The Kier molecular flexibility index (Phi) is 4.08. The van der Waals surface area contributed by atoms with Crippen molar-refractivity contribution in [2.75, 3.05) is 32.9 Å². The van der Waals surface area contributed by atoms with Crippen LogP contribution in [0.4, 0.5) is 5.82 Å². The van der Waals surface area contributed by atoms with Crippen LogP contribution in [0.25, 0.3) is 0 Å². The van der Waals surface area contributed by atoms with Gasteiger partial charge in [0.25, 0.3) is 0 Å². The molecule has 0 saturated carbocycles. The fourth-order valence-corrected chi connectivity index (χ4v) is 4.33.